The largest absolute Gasteiger partial charge is 0.271 e. The predicted molar refractivity (Wildman–Crippen MR) is 101 cm³/mol. The molecule has 1 heterocycles. The van der Waals surface area contributed by atoms with Gasteiger partial charge in [0.1, 0.15) is 6.04 Å². The molecule has 0 saturated carbocycles. The van der Waals surface area contributed by atoms with E-state index in [9.17, 15) is 4.79 Å². The molecule has 2 aromatic carbocycles. The molecule has 0 bridgehead atoms. The van der Waals surface area contributed by atoms with Crippen LogP contribution < -0.4 is 16.3 Å². The summed E-state index contributed by atoms with van der Waals surface area (Å²) in [6.07, 6.45) is 2.18. The maximum Gasteiger partial charge on any atom is 0.258 e. The molecule has 1 fully saturated rings. The maximum atomic E-state index is 12.2. The molecule has 1 amide bonds. The van der Waals surface area contributed by atoms with Crippen LogP contribution in [0, 0.1) is 6.92 Å². The van der Waals surface area contributed by atoms with Crippen molar-refractivity contribution < 1.29 is 4.79 Å². The van der Waals surface area contributed by atoms with Crippen molar-refractivity contribution >= 4 is 35.3 Å². The van der Waals surface area contributed by atoms with Crippen LogP contribution in [0.25, 0.3) is 0 Å². The summed E-state index contributed by atoms with van der Waals surface area (Å²) in [6.45, 7) is 2.05. The van der Waals surface area contributed by atoms with E-state index in [1.165, 1.54) is 11.8 Å². The maximum absolute atomic E-state index is 12.2. The van der Waals surface area contributed by atoms with Gasteiger partial charge in [0, 0.05) is 6.04 Å². The molecule has 7 heteroatoms. The van der Waals surface area contributed by atoms with Gasteiger partial charge in [-0.2, -0.15) is 5.10 Å². The molecule has 0 radical (unpaired) electrons. The van der Waals surface area contributed by atoms with Crippen LogP contribution in [0.4, 0.5) is 0 Å². The van der Waals surface area contributed by atoms with E-state index in [0.29, 0.717) is 16.5 Å². The molecule has 2 aromatic rings. The predicted octanol–water partition coefficient (Wildman–Crippen LogP) is 3.36. The van der Waals surface area contributed by atoms with Crippen molar-refractivity contribution in [1.82, 2.24) is 16.3 Å². The van der Waals surface area contributed by atoms with Gasteiger partial charge in [0.2, 0.25) is 0 Å². The zero-order valence-corrected chi connectivity index (χ0v) is 15.1. The Morgan fingerprint density at radius 3 is 2.64 bits per heavy atom. The molecule has 0 spiro atoms. The van der Waals surface area contributed by atoms with Crippen LogP contribution in [-0.4, -0.2) is 18.2 Å². The van der Waals surface area contributed by atoms with Crippen LogP contribution in [0.2, 0.25) is 10.0 Å². The molecule has 1 saturated heterocycles. The standard InChI is InChI=1S/C18H18Cl2N4O/c1-11-2-5-13(6-3-11)16-9-17(23-22-16)18(25)24-21-10-12-4-7-14(19)15(20)8-12/h2-8,10,16-17,22-23H,9H2,1H3,(H,24,25)/b21-10+. The second kappa shape index (κ2) is 7.97. The molecule has 0 aliphatic carbocycles. The Morgan fingerprint density at radius 1 is 1.16 bits per heavy atom. The van der Waals surface area contributed by atoms with E-state index in [2.05, 4.69) is 45.6 Å². The number of benzene rings is 2. The van der Waals surface area contributed by atoms with Gasteiger partial charge in [0.15, 0.2) is 0 Å². The van der Waals surface area contributed by atoms with Gasteiger partial charge in [-0.3, -0.25) is 4.79 Å². The van der Waals surface area contributed by atoms with Crippen molar-refractivity contribution in [3.8, 4) is 0 Å². The first-order chi connectivity index (χ1) is 12.0. The molecule has 3 rings (SSSR count). The van der Waals surface area contributed by atoms with Gasteiger partial charge >= 0.3 is 0 Å². The highest BCUT2D eigenvalue weighted by atomic mass is 35.5. The van der Waals surface area contributed by atoms with E-state index in [4.69, 9.17) is 23.2 Å². The quantitative estimate of drug-likeness (QED) is 0.566. The van der Waals surface area contributed by atoms with Gasteiger partial charge in [0.25, 0.3) is 5.91 Å². The van der Waals surface area contributed by atoms with Gasteiger partial charge in [0.05, 0.1) is 16.3 Å². The minimum absolute atomic E-state index is 0.0930. The Labute approximate surface area is 156 Å². The molecular formula is C18H18Cl2N4O. The number of nitrogens with one attached hydrogen (secondary N) is 3. The normalized spacial score (nSPS) is 20.1. The van der Waals surface area contributed by atoms with Crippen LogP contribution in [0.15, 0.2) is 47.6 Å². The highest BCUT2D eigenvalue weighted by Gasteiger charge is 2.29. The SMILES string of the molecule is Cc1ccc(C2CC(C(=O)N/N=C/c3ccc(Cl)c(Cl)c3)NN2)cc1. The summed E-state index contributed by atoms with van der Waals surface area (Å²) in [4.78, 5) is 12.2. The molecule has 5 nitrogen and oxygen atoms in total. The Balaban J connectivity index is 1.54. The average Bonchev–Trinajstić information content (AvgIpc) is 3.09. The monoisotopic (exact) mass is 376 g/mol. The lowest BCUT2D eigenvalue weighted by atomic mass is 10.0. The molecule has 1 aliphatic heterocycles. The van der Waals surface area contributed by atoms with Crippen LogP contribution in [-0.2, 0) is 4.79 Å². The van der Waals surface area contributed by atoms with Gasteiger partial charge in [-0.15, -0.1) is 0 Å². The van der Waals surface area contributed by atoms with E-state index in [1.807, 2.05) is 6.92 Å². The summed E-state index contributed by atoms with van der Waals surface area (Å²) in [5.41, 5.74) is 11.8. The third kappa shape index (κ3) is 4.58. The fourth-order valence-electron chi connectivity index (χ4n) is 2.59. The highest BCUT2D eigenvalue weighted by Crippen LogP contribution is 2.23. The highest BCUT2D eigenvalue weighted by molar-refractivity contribution is 6.42. The van der Waals surface area contributed by atoms with E-state index in [-0.39, 0.29) is 18.0 Å². The third-order valence-electron chi connectivity index (χ3n) is 4.03. The number of hydrogen-bond donors (Lipinski definition) is 3. The van der Waals surface area contributed by atoms with Crippen LogP contribution >= 0.6 is 23.2 Å². The summed E-state index contributed by atoms with van der Waals surface area (Å²) in [5.74, 6) is -0.196. The Hall–Kier alpha value is -1.92. The molecule has 25 heavy (non-hydrogen) atoms. The number of rotatable bonds is 4. The minimum atomic E-state index is -0.350. The number of halogens is 2. The topological polar surface area (TPSA) is 65.5 Å². The summed E-state index contributed by atoms with van der Waals surface area (Å²) in [6, 6.07) is 13.1. The van der Waals surface area contributed by atoms with Crippen LogP contribution in [0.1, 0.15) is 29.2 Å². The van der Waals surface area contributed by atoms with E-state index in [0.717, 1.165) is 11.1 Å². The van der Waals surface area contributed by atoms with E-state index in [1.54, 1.807) is 18.2 Å². The lowest BCUT2D eigenvalue weighted by Crippen LogP contribution is -2.41. The number of carbonyl (C=O) groups excluding carboxylic acids is 1. The molecule has 3 N–H and O–H groups in total. The van der Waals surface area contributed by atoms with E-state index < -0.39 is 0 Å². The first kappa shape index (κ1) is 17.9. The zero-order valence-electron chi connectivity index (χ0n) is 13.6. The fourth-order valence-corrected chi connectivity index (χ4v) is 2.89. The summed E-state index contributed by atoms with van der Waals surface area (Å²) in [7, 11) is 0. The summed E-state index contributed by atoms with van der Waals surface area (Å²) in [5, 5.41) is 4.89. The molecule has 2 unspecified atom stereocenters. The molecule has 1 aliphatic rings. The first-order valence-corrected chi connectivity index (χ1v) is 8.64. The Bertz CT molecular complexity index is 792. The molecular weight excluding hydrogens is 359 g/mol. The number of nitrogens with zero attached hydrogens (tertiary/aromatic N) is 1. The number of hydrogen-bond acceptors (Lipinski definition) is 4. The molecule has 2 atom stereocenters. The van der Waals surface area contributed by atoms with Gasteiger partial charge in [-0.25, -0.2) is 16.3 Å². The van der Waals surface area contributed by atoms with Gasteiger partial charge in [-0.1, -0.05) is 59.1 Å². The van der Waals surface area contributed by atoms with Crippen molar-refractivity contribution in [3.05, 3.63) is 69.2 Å². The summed E-state index contributed by atoms with van der Waals surface area (Å²) < 4.78 is 0. The second-order valence-corrected chi connectivity index (χ2v) is 6.76. The number of carbonyl (C=O) groups is 1. The van der Waals surface area contributed by atoms with Crippen molar-refractivity contribution in [2.24, 2.45) is 5.10 Å². The summed E-state index contributed by atoms with van der Waals surface area (Å²) >= 11 is 11.8. The average molecular weight is 377 g/mol. The van der Waals surface area contributed by atoms with Crippen molar-refractivity contribution in [2.75, 3.05) is 0 Å². The number of aryl methyl sites for hydroxylation is 1. The Morgan fingerprint density at radius 2 is 1.92 bits per heavy atom. The number of hydrazine groups is 1. The van der Waals surface area contributed by atoms with Crippen molar-refractivity contribution in [2.45, 2.75) is 25.4 Å². The van der Waals surface area contributed by atoms with Crippen LogP contribution in [0.3, 0.4) is 0 Å². The molecule has 130 valence electrons. The fraction of sp³-hybridized carbons (Fsp3) is 0.222. The lowest BCUT2D eigenvalue weighted by molar-refractivity contribution is -0.122. The van der Waals surface area contributed by atoms with Crippen molar-refractivity contribution in [1.29, 1.82) is 0 Å². The van der Waals surface area contributed by atoms with Crippen LogP contribution in [0.5, 0.6) is 0 Å². The first-order valence-electron chi connectivity index (χ1n) is 7.88. The third-order valence-corrected chi connectivity index (χ3v) is 4.77. The Kier molecular flexibility index (Phi) is 5.71. The van der Waals surface area contributed by atoms with Gasteiger partial charge in [-0.05, 0) is 36.6 Å². The minimum Gasteiger partial charge on any atom is -0.271 e. The van der Waals surface area contributed by atoms with Crippen molar-refractivity contribution in [3.63, 3.8) is 0 Å². The smallest absolute Gasteiger partial charge is 0.258 e. The lowest BCUT2D eigenvalue weighted by Gasteiger charge is -2.09. The second-order valence-electron chi connectivity index (χ2n) is 5.95. The number of hydrazone groups is 1. The van der Waals surface area contributed by atoms with E-state index >= 15 is 0 Å². The van der Waals surface area contributed by atoms with Gasteiger partial charge < -0.3 is 0 Å². The number of amides is 1. The molecule has 0 aromatic heterocycles. The zero-order chi connectivity index (χ0) is 17.8.